The Bertz CT molecular complexity index is 785. The van der Waals surface area contributed by atoms with Gasteiger partial charge in [-0.15, -0.1) is 0 Å². The summed E-state index contributed by atoms with van der Waals surface area (Å²) < 4.78 is 0. The zero-order chi connectivity index (χ0) is 18.2. The number of carbonyl (C=O) groups excluding carboxylic acids is 1. The van der Waals surface area contributed by atoms with Crippen molar-refractivity contribution < 1.29 is 14.6 Å². The molecule has 0 aliphatic carbocycles. The number of Topliss-reactive ketones (excluding diaryl/α,β-unsaturated/α-hetero) is 1. The molecule has 0 fully saturated rings. The van der Waals surface area contributed by atoms with Crippen molar-refractivity contribution in [2.24, 2.45) is 5.92 Å². The van der Waals surface area contributed by atoms with E-state index < -0.39 is 15.8 Å². The molecule has 0 heterocycles. The van der Waals surface area contributed by atoms with Gasteiger partial charge in [-0.1, -0.05) is 42.5 Å². The number of nitrogens with zero attached hydrogens (tertiary/aromatic N) is 2. The molecule has 0 bridgehead atoms. The first-order valence-corrected chi connectivity index (χ1v) is 7.58. The molecular formula is C18H16N2O5. The monoisotopic (exact) mass is 340 g/mol. The lowest BCUT2D eigenvalue weighted by atomic mass is 9.97. The van der Waals surface area contributed by atoms with E-state index in [0.29, 0.717) is 11.1 Å². The van der Waals surface area contributed by atoms with Crippen LogP contribution in [0.5, 0.6) is 0 Å². The minimum Gasteiger partial charge on any atom is -0.294 e. The number of hydrogen-bond donors (Lipinski definition) is 0. The van der Waals surface area contributed by atoms with Crippen LogP contribution < -0.4 is 0 Å². The van der Waals surface area contributed by atoms with E-state index in [9.17, 15) is 25.0 Å². The minimum atomic E-state index is -0.558. The lowest BCUT2D eigenvalue weighted by Gasteiger charge is -2.07. The predicted octanol–water partition coefficient (Wildman–Crippen LogP) is 3.77. The summed E-state index contributed by atoms with van der Waals surface area (Å²) in [7, 11) is 0. The number of rotatable bonds is 8. The molecule has 0 spiro atoms. The van der Waals surface area contributed by atoms with Gasteiger partial charge in [-0.2, -0.15) is 0 Å². The van der Waals surface area contributed by atoms with E-state index in [4.69, 9.17) is 0 Å². The number of non-ortho nitro benzene ring substituents is 1. The van der Waals surface area contributed by atoms with Crippen molar-refractivity contribution in [2.75, 3.05) is 6.54 Å². The molecular weight excluding hydrogens is 324 g/mol. The smallest absolute Gasteiger partial charge is 0.269 e. The van der Waals surface area contributed by atoms with Crippen LogP contribution in [-0.2, 0) is 0 Å². The number of hydrogen-bond acceptors (Lipinski definition) is 5. The van der Waals surface area contributed by atoms with Gasteiger partial charge in [-0.05, 0) is 17.7 Å². The maximum absolute atomic E-state index is 12.2. The first-order valence-electron chi connectivity index (χ1n) is 7.58. The topological polar surface area (TPSA) is 103 Å². The van der Waals surface area contributed by atoms with Crippen molar-refractivity contribution in [1.82, 2.24) is 0 Å². The van der Waals surface area contributed by atoms with Gasteiger partial charge in [-0.3, -0.25) is 25.0 Å². The van der Waals surface area contributed by atoms with Gasteiger partial charge in [0.15, 0.2) is 5.78 Å². The lowest BCUT2D eigenvalue weighted by Crippen LogP contribution is -2.16. The average molecular weight is 340 g/mol. The third-order valence-electron chi connectivity index (χ3n) is 3.59. The largest absolute Gasteiger partial charge is 0.294 e. The van der Waals surface area contributed by atoms with Gasteiger partial charge in [0.1, 0.15) is 0 Å². The predicted molar refractivity (Wildman–Crippen MR) is 92.9 cm³/mol. The highest BCUT2D eigenvalue weighted by molar-refractivity contribution is 5.96. The molecule has 128 valence electrons. The van der Waals surface area contributed by atoms with E-state index in [2.05, 4.69) is 0 Å². The second-order valence-electron chi connectivity index (χ2n) is 5.48. The van der Waals surface area contributed by atoms with Gasteiger partial charge < -0.3 is 0 Å². The summed E-state index contributed by atoms with van der Waals surface area (Å²) in [5.74, 6) is -0.723. The van der Waals surface area contributed by atoms with Crippen LogP contribution in [0.15, 0.2) is 60.7 Å². The molecule has 0 saturated heterocycles. The molecule has 0 aliphatic heterocycles. The van der Waals surface area contributed by atoms with Crippen LogP contribution in [0.2, 0.25) is 0 Å². The van der Waals surface area contributed by atoms with Crippen molar-refractivity contribution in [3.63, 3.8) is 0 Å². The van der Waals surface area contributed by atoms with Gasteiger partial charge in [0.2, 0.25) is 6.54 Å². The Morgan fingerprint density at radius 1 is 1.00 bits per heavy atom. The normalized spacial score (nSPS) is 12.0. The second kappa shape index (κ2) is 8.49. The van der Waals surface area contributed by atoms with Crippen molar-refractivity contribution in [1.29, 1.82) is 0 Å². The summed E-state index contributed by atoms with van der Waals surface area (Å²) in [6.07, 6.45) is 3.26. The Hall–Kier alpha value is -3.35. The van der Waals surface area contributed by atoms with E-state index in [-0.39, 0.29) is 24.4 Å². The van der Waals surface area contributed by atoms with Gasteiger partial charge in [0, 0.05) is 35.0 Å². The van der Waals surface area contributed by atoms with Crippen molar-refractivity contribution in [3.05, 3.63) is 92.0 Å². The van der Waals surface area contributed by atoms with Gasteiger partial charge in [-0.25, -0.2) is 0 Å². The lowest BCUT2D eigenvalue weighted by molar-refractivity contribution is -0.485. The van der Waals surface area contributed by atoms with Gasteiger partial charge >= 0.3 is 0 Å². The molecule has 0 amide bonds. The molecule has 7 heteroatoms. The fraction of sp³-hybridized carbons (Fsp3) is 0.167. The highest BCUT2D eigenvalue weighted by Gasteiger charge is 2.17. The number of carbonyl (C=O) groups is 1. The summed E-state index contributed by atoms with van der Waals surface area (Å²) in [5, 5.41) is 21.5. The van der Waals surface area contributed by atoms with Crippen LogP contribution in [0.25, 0.3) is 6.08 Å². The van der Waals surface area contributed by atoms with Gasteiger partial charge in [0.05, 0.1) is 4.92 Å². The molecule has 0 unspecified atom stereocenters. The van der Waals surface area contributed by atoms with E-state index in [1.807, 2.05) is 0 Å². The second-order valence-corrected chi connectivity index (χ2v) is 5.48. The number of ketones is 1. The summed E-state index contributed by atoms with van der Waals surface area (Å²) in [5.41, 5.74) is 1.16. The fourth-order valence-corrected chi connectivity index (χ4v) is 2.32. The zero-order valence-electron chi connectivity index (χ0n) is 13.3. The van der Waals surface area contributed by atoms with Crippen molar-refractivity contribution >= 4 is 17.5 Å². The summed E-state index contributed by atoms with van der Waals surface area (Å²) in [6.45, 7) is -0.359. The molecule has 0 aliphatic rings. The van der Waals surface area contributed by atoms with Crippen LogP contribution in [-0.4, -0.2) is 22.2 Å². The molecule has 2 aromatic carbocycles. The Labute approximate surface area is 143 Å². The highest BCUT2D eigenvalue weighted by atomic mass is 16.6. The molecule has 0 aromatic heterocycles. The Balaban J connectivity index is 2.10. The van der Waals surface area contributed by atoms with E-state index >= 15 is 0 Å². The van der Waals surface area contributed by atoms with Crippen LogP contribution in [0.4, 0.5) is 5.69 Å². The third-order valence-corrected chi connectivity index (χ3v) is 3.59. The molecule has 0 N–H and O–H groups in total. The molecule has 7 nitrogen and oxygen atoms in total. The SMILES string of the molecule is O=C(C[C@@H](/C=C/c1ccc([N+](=O)[O-])cc1)C[N+](=O)[O-])c1ccccc1. The van der Waals surface area contributed by atoms with Crippen LogP contribution in [0, 0.1) is 26.1 Å². The molecule has 1 atom stereocenters. The van der Waals surface area contributed by atoms with Crippen LogP contribution >= 0.6 is 0 Å². The summed E-state index contributed by atoms with van der Waals surface area (Å²) in [4.78, 5) is 32.8. The maximum Gasteiger partial charge on any atom is 0.269 e. The van der Waals surface area contributed by atoms with E-state index in [1.165, 1.54) is 12.1 Å². The summed E-state index contributed by atoms with van der Waals surface area (Å²) in [6, 6.07) is 14.4. The van der Waals surface area contributed by atoms with Crippen LogP contribution in [0.3, 0.4) is 0 Å². The number of nitro benzene ring substituents is 1. The highest BCUT2D eigenvalue weighted by Crippen LogP contribution is 2.16. The zero-order valence-corrected chi connectivity index (χ0v) is 13.3. The first-order chi connectivity index (χ1) is 12.0. The number of benzene rings is 2. The minimum absolute atomic E-state index is 0.0223. The third kappa shape index (κ3) is 5.65. The molecule has 2 aromatic rings. The molecule has 25 heavy (non-hydrogen) atoms. The van der Waals surface area contributed by atoms with Crippen molar-refractivity contribution in [2.45, 2.75) is 6.42 Å². The maximum atomic E-state index is 12.2. The Kier molecular flexibility index (Phi) is 6.11. The molecule has 0 radical (unpaired) electrons. The number of nitro groups is 2. The van der Waals surface area contributed by atoms with Gasteiger partial charge in [0.25, 0.3) is 5.69 Å². The quantitative estimate of drug-likeness (QED) is 0.413. The fourth-order valence-electron chi connectivity index (χ4n) is 2.32. The van der Waals surface area contributed by atoms with Crippen LogP contribution in [0.1, 0.15) is 22.3 Å². The summed E-state index contributed by atoms with van der Waals surface area (Å²) >= 11 is 0. The Morgan fingerprint density at radius 2 is 1.64 bits per heavy atom. The Morgan fingerprint density at radius 3 is 2.20 bits per heavy atom. The van der Waals surface area contributed by atoms with E-state index in [1.54, 1.807) is 54.6 Å². The average Bonchev–Trinajstić information content (AvgIpc) is 2.60. The molecule has 2 rings (SSSR count). The standard InChI is InChI=1S/C18H16N2O5/c21-18(16-4-2-1-3-5-16)12-15(13-19(22)23)7-6-14-8-10-17(11-9-14)20(24)25/h1-11,15H,12-13H2/b7-6+/t15-/m1/s1. The van der Waals surface area contributed by atoms with Crippen molar-refractivity contribution in [3.8, 4) is 0 Å². The first kappa shape index (κ1) is 18.0. The van der Waals surface area contributed by atoms with E-state index in [0.717, 1.165) is 0 Å². The molecule has 0 saturated carbocycles.